The second-order valence-electron chi connectivity index (χ2n) is 9.72. The van der Waals surface area contributed by atoms with Crippen LogP contribution in [-0.2, 0) is 9.47 Å². The highest BCUT2D eigenvalue weighted by Crippen LogP contribution is 2.34. The average Bonchev–Trinajstić information content (AvgIpc) is 3.14. The van der Waals surface area contributed by atoms with E-state index in [-0.39, 0.29) is 0 Å². The Morgan fingerprint density at radius 2 is 1.84 bits per heavy atom. The Balaban J connectivity index is 1.67. The van der Waals surface area contributed by atoms with E-state index in [1.54, 1.807) is 4.68 Å². The van der Waals surface area contributed by atoms with Gasteiger partial charge in [-0.25, -0.2) is 9.48 Å². The summed E-state index contributed by atoms with van der Waals surface area (Å²) in [6.07, 6.45) is -0.583. The Morgan fingerprint density at radius 1 is 1.14 bits per heavy atom. The first-order valence-corrected chi connectivity index (χ1v) is 12.8. The van der Waals surface area contributed by atoms with Crippen molar-refractivity contribution in [2.24, 2.45) is 0 Å². The molecule has 194 valence electrons. The molecule has 2 aromatic carbocycles. The SMILES string of the molecule is Cc1c(NC(=O)OC(C)(C)C)nn(-c2ccc(C#CCN3CCOCC3)cc2Cl)c1-c1ccc(Cl)cc1. The Morgan fingerprint density at radius 3 is 2.49 bits per heavy atom. The molecule has 0 spiro atoms. The first kappa shape index (κ1) is 27.0. The highest BCUT2D eigenvalue weighted by Gasteiger charge is 2.23. The molecule has 1 aliphatic heterocycles. The normalized spacial score (nSPS) is 14.1. The van der Waals surface area contributed by atoms with Crippen LogP contribution in [0.15, 0.2) is 42.5 Å². The molecular weight excluding hydrogens is 511 g/mol. The van der Waals surface area contributed by atoms with Crippen molar-refractivity contribution in [3.8, 4) is 28.8 Å². The van der Waals surface area contributed by atoms with E-state index >= 15 is 0 Å². The lowest BCUT2D eigenvalue weighted by Gasteiger charge is -2.24. The zero-order valence-corrected chi connectivity index (χ0v) is 22.9. The maximum absolute atomic E-state index is 12.5. The Labute approximate surface area is 227 Å². The van der Waals surface area contributed by atoms with Crippen molar-refractivity contribution in [3.63, 3.8) is 0 Å². The number of nitrogens with one attached hydrogen (secondary N) is 1. The smallest absolute Gasteiger partial charge is 0.413 e. The van der Waals surface area contributed by atoms with Crippen LogP contribution in [0.4, 0.5) is 10.6 Å². The van der Waals surface area contributed by atoms with Crippen LogP contribution in [0, 0.1) is 18.8 Å². The number of aromatic nitrogens is 2. The van der Waals surface area contributed by atoms with E-state index in [2.05, 4.69) is 22.1 Å². The molecule has 4 rings (SSSR count). The Kier molecular flexibility index (Phi) is 8.46. The summed E-state index contributed by atoms with van der Waals surface area (Å²) < 4.78 is 12.5. The van der Waals surface area contributed by atoms with Gasteiger partial charge in [-0.2, -0.15) is 0 Å². The van der Waals surface area contributed by atoms with Gasteiger partial charge in [0.05, 0.1) is 36.2 Å². The third-order valence-corrected chi connectivity index (χ3v) is 6.23. The molecule has 7 nitrogen and oxygen atoms in total. The Hall–Kier alpha value is -3.02. The molecule has 9 heteroatoms. The first-order valence-electron chi connectivity index (χ1n) is 12.1. The molecule has 0 saturated carbocycles. The topological polar surface area (TPSA) is 68.6 Å². The van der Waals surface area contributed by atoms with Crippen LogP contribution >= 0.6 is 23.2 Å². The lowest BCUT2D eigenvalue weighted by molar-refractivity contribution is 0.0443. The van der Waals surface area contributed by atoms with Gasteiger partial charge < -0.3 is 9.47 Å². The molecule has 0 unspecified atom stereocenters. The van der Waals surface area contributed by atoms with E-state index < -0.39 is 11.7 Å². The molecule has 0 aliphatic carbocycles. The van der Waals surface area contributed by atoms with Crippen LogP contribution in [0.1, 0.15) is 31.9 Å². The molecule has 1 fully saturated rings. The van der Waals surface area contributed by atoms with Gasteiger partial charge in [-0.1, -0.05) is 47.2 Å². The van der Waals surface area contributed by atoms with E-state index in [1.807, 2.05) is 70.2 Å². The molecule has 1 aromatic heterocycles. The highest BCUT2D eigenvalue weighted by atomic mass is 35.5. The lowest BCUT2D eigenvalue weighted by atomic mass is 10.1. The number of amides is 1. The molecule has 0 atom stereocenters. The number of benzene rings is 2. The van der Waals surface area contributed by atoms with Gasteiger partial charge in [0.15, 0.2) is 5.82 Å². The molecule has 3 aromatic rings. The number of anilines is 1. The van der Waals surface area contributed by atoms with Gasteiger partial charge in [-0.15, -0.1) is 5.10 Å². The van der Waals surface area contributed by atoms with Crippen molar-refractivity contribution in [2.75, 3.05) is 38.2 Å². The first-order chi connectivity index (χ1) is 17.6. The van der Waals surface area contributed by atoms with Crippen LogP contribution < -0.4 is 5.32 Å². The predicted molar refractivity (Wildman–Crippen MR) is 148 cm³/mol. The summed E-state index contributed by atoms with van der Waals surface area (Å²) in [4.78, 5) is 14.8. The summed E-state index contributed by atoms with van der Waals surface area (Å²) in [5.41, 5.74) is 3.24. The minimum absolute atomic E-state index is 0.379. The van der Waals surface area contributed by atoms with Crippen molar-refractivity contribution < 1.29 is 14.3 Å². The van der Waals surface area contributed by atoms with Gasteiger partial charge in [0.1, 0.15) is 5.60 Å². The second kappa shape index (κ2) is 11.6. The molecule has 0 radical (unpaired) electrons. The average molecular weight is 541 g/mol. The van der Waals surface area contributed by atoms with Gasteiger partial charge >= 0.3 is 6.09 Å². The number of carbonyl (C=O) groups is 1. The van der Waals surface area contributed by atoms with Crippen molar-refractivity contribution in [1.29, 1.82) is 0 Å². The summed E-state index contributed by atoms with van der Waals surface area (Å²) in [5, 5.41) is 8.57. The molecule has 1 N–H and O–H groups in total. The van der Waals surface area contributed by atoms with Crippen LogP contribution in [0.2, 0.25) is 10.0 Å². The fourth-order valence-electron chi connectivity index (χ4n) is 3.91. The number of hydrogen-bond donors (Lipinski definition) is 1. The molecule has 1 amide bonds. The summed E-state index contributed by atoms with van der Waals surface area (Å²) in [5.74, 6) is 6.79. The van der Waals surface area contributed by atoms with E-state index in [4.69, 9.17) is 37.8 Å². The predicted octanol–water partition coefficient (Wildman–Crippen LogP) is 6.19. The minimum atomic E-state index is -0.637. The number of halogens is 2. The fourth-order valence-corrected chi connectivity index (χ4v) is 4.29. The third kappa shape index (κ3) is 7.06. The standard InChI is InChI=1S/C28H30Cl2N4O3/c1-19-25(21-8-10-22(29)11-9-21)34(32-26(19)31-27(35)37-28(2,3)4)24-12-7-20(18-23(24)30)6-5-13-33-14-16-36-17-15-33/h7-12,18H,13-17H2,1-4H3,(H,31,32,35). The zero-order chi connectivity index (χ0) is 26.6. The monoisotopic (exact) mass is 540 g/mol. The molecule has 0 bridgehead atoms. The van der Waals surface area contributed by atoms with Crippen molar-refractivity contribution in [2.45, 2.75) is 33.3 Å². The van der Waals surface area contributed by atoms with E-state index in [1.165, 1.54) is 0 Å². The maximum Gasteiger partial charge on any atom is 0.413 e. The van der Waals surface area contributed by atoms with Crippen LogP contribution in [-0.4, -0.2) is 59.2 Å². The number of rotatable bonds is 4. The summed E-state index contributed by atoms with van der Waals surface area (Å²) in [6, 6.07) is 13.0. The van der Waals surface area contributed by atoms with Crippen molar-refractivity contribution in [3.05, 3.63) is 63.6 Å². The van der Waals surface area contributed by atoms with Gasteiger partial charge in [0.2, 0.25) is 0 Å². The quantitative estimate of drug-likeness (QED) is 0.400. The van der Waals surface area contributed by atoms with Gasteiger partial charge in [-0.3, -0.25) is 10.2 Å². The number of ether oxygens (including phenoxy) is 2. The van der Waals surface area contributed by atoms with Gasteiger partial charge in [0.25, 0.3) is 0 Å². The second-order valence-corrected chi connectivity index (χ2v) is 10.6. The van der Waals surface area contributed by atoms with E-state index in [9.17, 15) is 4.79 Å². The molecular formula is C28H30Cl2N4O3. The van der Waals surface area contributed by atoms with Crippen LogP contribution in [0.25, 0.3) is 16.9 Å². The lowest BCUT2D eigenvalue weighted by Crippen LogP contribution is -2.36. The fraction of sp³-hybridized carbons (Fsp3) is 0.357. The number of nitrogens with zero attached hydrogens (tertiary/aromatic N) is 3. The van der Waals surface area contributed by atoms with Crippen LogP contribution in [0.3, 0.4) is 0 Å². The zero-order valence-electron chi connectivity index (χ0n) is 21.4. The number of morpholine rings is 1. The van der Waals surface area contributed by atoms with Gasteiger partial charge in [0, 0.05) is 34.8 Å². The van der Waals surface area contributed by atoms with Crippen molar-refractivity contribution >= 4 is 35.1 Å². The number of carbonyl (C=O) groups excluding carboxylic acids is 1. The highest BCUT2D eigenvalue weighted by molar-refractivity contribution is 6.32. The molecule has 37 heavy (non-hydrogen) atoms. The van der Waals surface area contributed by atoms with E-state index in [0.29, 0.717) is 28.1 Å². The maximum atomic E-state index is 12.5. The Bertz CT molecular complexity index is 1330. The molecule has 2 heterocycles. The minimum Gasteiger partial charge on any atom is -0.444 e. The summed E-state index contributed by atoms with van der Waals surface area (Å²) in [6.45, 7) is 11.3. The summed E-state index contributed by atoms with van der Waals surface area (Å²) >= 11 is 12.9. The van der Waals surface area contributed by atoms with Gasteiger partial charge in [-0.05, 0) is 58.0 Å². The van der Waals surface area contributed by atoms with E-state index in [0.717, 1.165) is 48.7 Å². The summed E-state index contributed by atoms with van der Waals surface area (Å²) in [7, 11) is 0. The molecule has 1 aliphatic rings. The largest absolute Gasteiger partial charge is 0.444 e. The van der Waals surface area contributed by atoms with Crippen molar-refractivity contribution in [1.82, 2.24) is 14.7 Å². The third-order valence-electron chi connectivity index (χ3n) is 5.67. The molecule has 1 saturated heterocycles. The van der Waals surface area contributed by atoms with Crippen LogP contribution in [0.5, 0.6) is 0 Å². The number of hydrogen-bond acceptors (Lipinski definition) is 5.